The van der Waals surface area contributed by atoms with E-state index < -0.39 is 9.84 Å². The van der Waals surface area contributed by atoms with Crippen molar-refractivity contribution in [3.8, 4) is 0 Å². The second-order valence-electron chi connectivity index (χ2n) is 6.33. The molecule has 0 radical (unpaired) electrons. The summed E-state index contributed by atoms with van der Waals surface area (Å²) in [5, 5.41) is -0.279. The average molecular weight is 272 g/mol. The summed E-state index contributed by atoms with van der Waals surface area (Å²) in [7, 11) is -2.98. The van der Waals surface area contributed by atoms with E-state index in [0.717, 1.165) is 38.5 Å². The Hall–Kier alpha value is -0.380. The van der Waals surface area contributed by atoms with Crippen molar-refractivity contribution in [2.75, 3.05) is 6.26 Å². The first-order chi connectivity index (χ1) is 8.38. The first-order valence-electron chi connectivity index (χ1n) is 7.10. The standard InChI is InChI=1S/C14H24O3S/c1-10-6-7-12(8-10)14(15)11-4-3-5-13(9-11)18(2,16)17/h10-13H,3-9H2,1-2H3. The van der Waals surface area contributed by atoms with Crippen LogP contribution in [0.25, 0.3) is 0 Å². The Kier molecular flexibility index (Phi) is 4.15. The van der Waals surface area contributed by atoms with Crippen LogP contribution in [-0.2, 0) is 14.6 Å². The van der Waals surface area contributed by atoms with Gasteiger partial charge in [0.1, 0.15) is 15.6 Å². The molecule has 0 aromatic heterocycles. The normalized spacial score (nSPS) is 37.7. The van der Waals surface area contributed by atoms with E-state index in [0.29, 0.717) is 18.1 Å². The number of hydrogen-bond donors (Lipinski definition) is 0. The lowest BCUT2D eigenvalue weighted by molar-refractivity contribution is -0.127. The van der Waals surface area contributed by atoms with Crippen LogP contribution in [0.3, 0.4) is 0 Å². The first kappa shape index (κ1) is 14.0. The summed E-state index contributed by atoms with van der Waals surface area (Å²) in [6, 6.07) is 0. The molecule has 4 atom stereocenters. The zero-order valence-electron chi connectivity index (χ0n) is 11.4. The Morgan fingerprint density at radius 1 is 1.00 bits per heavy atom. The summed E-state index contributed by atoms with van der Waals surface area (Å²) in [6.45, 7) is 2.20. The van der Waals surface area contributed by atoms with E-state index in [2.05, 4.69) is 6.92 Å². The molecule has 2 saturated carbocycles. The Balaban J connectivity index is 1.98. The van der Waals surface area contributed by atoms with Crippen LogP contribution in [0.2, 0.25) is 0 Å². The van der Waals surface area contributed by atoms with Crippen LogP contribution in [0, 0.1) is 17.8 Å². The van der Waals surface area contributed by atoms with Gasteiger partial charge in [0, 0.05) is 18.1 Å². The highest BCUT2D eigenvalue weighted by molar-refractivity contribution is 7.91. The van der Waals surface area contributed by atoms with Gasteiger partial charge in [-0.05, 0) is 44.4 Å². The van der Waals surface area contributed by atoms with Crippen molar-refractivity contribution in [1.29, 1.82) is 0 Å². The molecule has 0 heterocycles. The predicted octanol–water partition coefficient (Wildman–Crippen LogP) is 2.60. The molecule has 2 aliphatic carbocycles. The molecule has 0 saturated heterocycles. The molecule has 0 N–H and O–H groups in total. The second-order valence-corrected chi connectivity index (χ2v) is 8.66. The van der Waals surface area contributed by atoms with Crippen molar-refractivity contribution in [1.82, 2.24) is 0 Å². The van der Waals surface area contributed by atoms with Gasteiger partial charge < -0.3 is 0 Å². The number of sulfone groups is 1. The van der Waals surface area contributed by atoms with Crippen molar-refractivity contribution >= 4 is 15.6 Å². The third-order valence-electron chi connectivity index (χ3n) is 4.73. The number of carbonyl (C=O) groups excluding carboxylic acids is 1. The van der Waals surface area contributed by atoms with Crippen LogP contribution < -0.4 is 0 Å². The SMILES string of the molecule is CC1CCC(C(=O)C2CCCC(S(C)(=O)=O)C2)C1. The van der Waals surface area contributed by atoms with Gasteiger partial charge in [-0.2, -0.15) is 0 Å². The lowest BCUT2D eigenvalue weighted by Gasteiger charge is -2.28. The quantitative estimate of drug-likeness (QED) is 0.793. The van der Waals surface area contributed by atoms with Gasteiger partial charge in [0.05, 0.1) is 5.25 Å². The van der Waals surface area contributed by atoms with Gasteiger partial charge in [0.2, 0.25) is 0 Å². The van der Waals surface area contributed by atoms with Gasteiger partial charge >= 0.3 is 0 Å². The van der Waals surface area contributed by atoms with Gasteiger partial charge in [0.25, 0.3) is 0 Å². The van der Waals surface area contributed by atoms with Gasteiger partial charge in [0.15, 0.2) is 0 Å². The molecule has 0 aliphatic heterocycles. The van der Waals surface area contributed by atoms with E-state index in [1.807, 2.05) is 0 Å². The number of rotatable bonds is 3. The summed E-state index contributed by atoms with van der Waals surface area (Å²) in [5.74, 6) is 1.23. The van der Waals surface area contributed by atoms with Crippen LogP contribution in [0.15, 0.2) is 0 Å². The molecule has 4 unspecified atom stereocenters. The van der Waals surface area contributed by atoms with E-state index in [9.17, 15) is 13.2 Å². The fourth-order valence-corrected chi connectivity index (χ4v) is 4.77. The topological polar surface area (TPSA) is 51.2 Å². The van der Waals surface area contributed by atoms with Crippen molar-refractivity contribution in [2.24, 2.45) is 17.8 Å². The van der Waals surface area contributed by atoms with Gasteiger partial charge in [-0.15, -0.1) is 0 Å². The maximum absolute atomic E-state index is 12.4. The fourth-order valence-electron chi connectivity index (χ4n) is 3.59. The highest BCUT2D eigenvalue weighted by Gasteiger charge is 2.37. The molecule has 18 heavy (non-hydrogen) atoms. The van der Waals surface area contributed by atoms with Crippen molar-refractivity contribution in [3.05, 3.63) is 0 Å². The summed E-state index contributed by atoms with van der Waals surface area (Å²) in [6.07, 6.45) is 7.58. The highest BCUT2D eigenvalue weighted by Crippen LogP contribution is 2.37. The minimum atomic E-state index is -2.98. The molecule has 3 nitrogen and oxygen atoms in total. The maximum atomic E-state index is 12.4. The molecule has 0 aromatic rings. The van der Waals surface area contributed by atoms with Crippen LogP contribution in [0.1, 0.15) is 51.9 Å². The second kappa shape index (κ2) is 5.32. The van der Waals surface area contributed by atoms with E-state index >= 15 is 0 Å². The molecule has 104 valence electrons. The molecular weight excluding hydrogens is 248 g/mol. The van der Waals surface area contributed by atoms with E-state index in [1.165, 1.54) is 6.26 Å². The van der Waals surface area contributed by atoms with Gasteiger partial charge in [-0.1, -0.05) is 13.3 Å². The molecule has 0 amide bonds. The van der Waals surface area contributed by atoms with E-state index in [-0.39, 0.29) is 17.1 Å². The van der Waals surface area contributed by atoms with Crippen LogP contribution in [-0.4, -0.2) is 25.7 Å². The Morgan fingerprint density at radius 2 is 1.67 bits per heavy atom. The molecule has 2 aliphatic rings. The average Bonchev–Trinajstić information content (AvgIpc) is 2.74. The minimum Gasteiger partial charge on any atom is -0.299 e. The van der Waals surface area contributed by atoms with Crippen LogP contribution >= 0.6 is 0 Å². The summed E-state index contributed by atoms with van der Waals surface area (Å²) in [4.78, 5) is 12.4. The number of ketones is 1. The fraction of sp³-hybridized carbons (Fsp3) is 0.929. The van der Waals surface area contributed by atoms with Crippen molar-refractivity contribution in [2.45, 2.75) is 57.1 Å². The van der Waals surface area contributed by atoms with Gasteiger partial charge in [-0.25, -0.2) is 8.42 Å². The lowest BCUT2D eigenvalue weighted by Crippen LogP contribution is -2.33. The lowest BCUT2D eigenvalue weighted by atomic mass is 9.80. The summed E-state index contributed by atoms with van der Waals surface area (Å²) in [5.41, 5.74) is 0. The largest absolute Gasteiger partial charge is 0.299 e. The molecular formula is C14H24O3S. The maximum Gasteiger partial charge on any atom is 0.150 e. The Labute approximate surface area is 110 Å². The smallest absolute Gasteiger partial charge is 0.150 e. The zero-order chi connectivity index (χ0) is 13.3. The number of Topliss-reactive ketones (excluding diaryl/α,β-unsaturated/α-hetero) is 1. The van der Waals surface area contributed by atoms with Crippen LogP contribution in [0.4, 0.5) is 0 Å². The van der Waals surface area contributed by atoms with Crippen molar-refractivity contribution < 1.29 is 13.2 Å². The monoisotopic (exact) mass is 272 g/mol. The number of carbonyl (C=O) groups is 1. The predicted molar refractivity (Wildman–Crippen MR) is 72.1 cm³/mol. The first-order valence-corrected chi connectivity index (χ1v) is 9.06. The molecule has 0 bridgehead atoms. The third kappa shape index (κ3) is 3.14. The van der Waals surface area contributed by atoms with E-state index in [1.54, 1.807) is 0 Å². The van der Waals surface area contributed by atoms with Crippen molar-refractivity contribution in [3.63, 3.8) is 0 Å². The Bertz CT molecular complexity index is 413. The third-order valence-corrected chi connectivity index (χ3v) is 6.37. The molecule has 4 heteroatoms. The van der Waals surface area contributed by atoms with Crippen LogP contribution in [0.5, 0.6) is 0 Å². The highest BCUT2D eigenvalue weighted by atomic mass is 32.2. The van der Waals surface area contributed by atoms with Gasteiger partial charge in [-0.3, -0.25) is 4.79 Å². The summed E-state index contributed by atoms with van der Waals surface area (Å²) < 4.78 is 23.2. The molecule has 2 fully saturated rings. The molecule has 0 spiro atoms. The zero-order valence-corrected chi connectivity index (χ0v) is 12.2. The minimum absolute atomic E-state index is 0.00812. The number of hydrogen-bond acceptors (Lipinski definition) is 3. The Morgan fingerprint density at radius 3 is 2.22 bits per heavy atom. The summed E-state index contributed by atoms with van der Waals surface area (Å²) >= 11 is 0. The molecule has 0 aromatic carbocycles. The van der Waals surface area contributed by atoms with E-state index in [4.69, 9.17) is 0 Å². The molecule has 2 rings (SSSR count).